The maximum atomic E-state index is 12.4. The Morgan fingerprint density at radius 1 is 1.05 bits per heavy atom. The predicted molar refractivity (Wildman–Crippen MR) is 146 cm³/mol. The van der Waals surface area contributed by atoms with Gasteiger partial charge >= 0.3 is 5.97 Å². The molecule has 0 bridgehead atoms. The van der Waals surface area contributed by atoms with Crippen molar-refractivity contribution in [3.05, 3.63) is 77.9 Å². The fourth-order valence-electron chi connectivity index (χ4n) is 5.66. The number of benzene rings is 2. The van der Waals surface area contributed by atoms with Crippen LogP contribution >= 0.6 is 0 Å². The van der Waals surface area contributed by atoms with E-state index in [9.17, 15) is 9.59 Å². The molecule has 1 aliphatic heterocycles. The van der Waals surface area contributed by atoms with Gasteiger partial charge in [-0.05, 0) is 74.0 Å². The van der Waals surface area contributed by atoms with Gasteiger partial charge in [0.25, 0.3) is 0 Å². The number of carbonyl (C=O) groups excluding carboxylic acids is 2. The Labute approximate surface area is 226 Å². The summed E-state index contributed by atoms with van der Waals surface area (Å²) >= 11 is 0. The molecule has 0 amide bonds. The monoisotopic (exact) mass is 520 g/mol. The third-order valence-corrected chi connectivity index (χ3v) is 7.65. The van der Waals surface area contributed by atoms with Crippen LogP contribution in [0.5, 0.6) is 5.75 Å². The predicted octanol–water partition coefficient (Wildman–Crippen LogP) is 6.39. The third kappa shape index (κ3) is 7.78. The molecule has 1 saturated carbocycles. The molecular weight excluding hydrogens is 480 g/mol. The SMILES string of the molecule is COc1ccccc1[C@H]1C[C@H](OC2CCCCO2)[C@@H](C/C=C\CCCC(=O)OCc2ccccc2)[C@H]1C=O. The Hall–Kier alpha value is -2.96. The smallest absolute Gasteiger partial charge is 0.306 e. The molecule has 1 aliphatic carbocycles. The van der Waals surface area contributed by atoms with Gasteiger partial charge in [0.05, 0.1) is 13.2 Å². The zero-order chi connectivity index (χ0) is 26.6. The van der Waals surface area contributed by atoms with E-state index in [2.05, 4.69) is 18.2 Å². The first-order valence-electron chi connectivity index (χ1n) is 13.9. The zero-order valence-electron chi connectivity index (χ0n) is 22.3. The second-order valence-electron chi connectivity index (χ2n) is 10.2. The van der Waals surface area contributed by atoms with Crippen molar-refractivity contribution >= 4 is 12.3 Å². The number of hydrogen-bond donors (Lipinski definition) is 0. The fraction of sp³-hybridized carbons (Fsp3) is 0.500. The van der Waals surface area contributed by atoms with Gasteiger partial charge in [-0.3, -0.25) is 4.79 Å². The van der Waals surface area contributed by atoms with Gasteiger partial charge in [-0.2, -0.15) is 0 Å². The van der Waals surface area contributed by atoms with E-state index >= 15 is 0 Å². The molecule has 0 aromatic heterocycles. The summed E-state index contributed by atoms with van der Waals surface area (Å²) in [5.41, 5.74) is 2.05. The molecule has 5 atom stereocenters. The molecule has 2 aromatic rings. The van der Waals surface area contributed by atoms with Crippen molar-refractivity contribution in [1.82, 2.24) is 0 Å². The topological polar surface area (TPSA) is 71.1 Å². The van der Waals surface area contributed by atoms with Gasteiger partial charge in [-0.15, -0.1) is 0 Å². The molecule has 1 saturated heterocycles. The Bertz CT molecular complexity index is 1030. The summed E-state index contributed by atoms with van der Waals surface area (Å²) in [5, 5.41) is 0. The fourth-order valence-corrected chi connectivity index (χ4v) is 5.66. The first-order valence-corrected chi connectivity index (χ1v) is 13.9. The van der Waals surface area contributed by atoms with Gasteiger partial charge in [0.1, 0.15) is 18.6 Å². The number of allylic oxidation sites excluding steroid dienone is 2. The highest BCUT2D eigenvalue weighted by molar-refractivity contribution is 5.69. The van der Waals surface area contributed by atoms with E-state index in [1.165, 1.54) is 0 Å². The highest BCUT2D eigenvalue weighted by Crippen LogP contribution is 2.48. The average molecular weight is 521 g/mol. The van der Waals surface area contributed by atoms with Crippen LogP contribution in [0.1, 0.15) is 68.4 Å². The van der Waals surface area contributed by atoms with E-state index in [-0.39, 0.29) is 36.1 Å². The van der Waals surface area contributed by atoms with Crippen molar-refractivity contribution in [2.45, 2.75) is 76.3 Å². The summed E-state index contributed by atoms with van der Waals surface area (Å²) in [6, 6.07) is 17.7. The second-order valence-corrected chi connectivity index (χ2v) is 10.2. The van der Waals surface area contributed by atoms with Gasteiger partial charge in [0.2, 0.25) is 0 Å². The molecule has 38 heavy (non-hydrogen) atoms. The van der Waals surface area contributed by atoms with Gasteiger partial charge in [0, 0.05) is 18.9 Å². The minimum Gasteiger partial charge on any atom is -0.496 e. The van der Waals surface area contributed by atoms with Gasteiger partial charge < -0.3 is 23.7 Å². The van der Waals surface area contributed by atoms with Crippen molar-refractivity contribution in [3.63, 3.8) is 0 Å². The summed E-state index contributed by atoms with van der Waals surface area (Å²) in [5.74, 6) is 0.555. The van der Waals surface area contributed by atoms with Gasteiger partial charge in [0.15, 0.2) is 6.29 Å². The van der Waals surface area contributed by atoms with Crippen LogP contribution in [0, 0.1) is 11.8 Å². The Morgan fingerprint density at radius 2 is 1.87 bits per heavy atom. The molecule has 204 valence electrons. The highest BCUT2D eigenvalue weighted by atomic mass is 16.7. The van der Waals surface area contributed by atoms with E-state index in [4.69, 9.17) is 18.9 Å². The second kappa shape index (κ2) is 14.8. The molecule has 0 spiro atoms. The van der Waals surface area contributed by atoms with E-state index in [0.717, 1.165) is 74.7 Å². The largest absolute Gasteiger partial charge is 0.496 e. The van der Waals surface area contributed by atoms with Crippen LogP contribution in [0.2, 0.25) is 0 Å². The average Bonchev–Trinajstić information content (AvgIpc) is 3.31. The number of esters is 1. The molecular formula is C32H40O6. The minimum atomic E-state index is -0.203. The van der Waals surface area contributed by atoms with E-state index in [0.29, 0.717) is 13.0 Å². The lowest BCUT2D eigenvalue weighted by atomic mass is 9.84. The van der Waals surface area contributed by atoms with Crippen LogP contribution in [0.4, 0.5) is 0 Å². The minimum absolute atomic E-state index is 0.0371. The quantitative estimate of drug-likeness (QED) is 0.132. The van der Waals surface area contributed by atoms with Crippen molar-refractivity contribution in [3.8, 4) is 5.75 Å². The van der Waals surface area contributed by atoms with Crippen LogP contribution in [0.15, 0.2) is 66.7 Å². The summed E-state index contributed by atoms with van der Waals surface area (Å²) in [7, 11) is 1.67. The number of para-hydroxylation sites is 1. The third-order valence-electron chi connectivity index (χ3n) is 7.65. The molecule has 1 unspecified atom stereocenters. The number of unbranched alkanes of at least 4 members (excludes halogenated alkanes) is 1. The van der Waals surface area contributed by atoms with E-state index in [1.54, 1.807) is 7.11 Å². The first kappa shape index (κ1) is 28.1. The maximum absolute atomic E-state index is 12.4. The molecule has 0 N–H and O–H groups in total. The van der Waals surface area contributed by atoms with Crippen LogP contribution in [0.3, 0.4) is 0 Å². The number of methoxy groups -OCH3 is 1. The molecule has 6 heteroatoms. The number of aldehydes is 1. The molecule has 2 fully saturated rings. The summed E-state index contributed by atoms with van der Waals surface area (Å²) in [6.45, 7) is 1.03. The molecule has 2 aliphatic rings. The number of hydrogen-bond acceptors (Lipinski definition) is 6. The van der Waals surface area contributed by atoms with Crippen LogP contribution < -0.4 is 4.74 Å². The number of ether oxygens (including phenoxy) is 4. The van der Waals surface area contributed by atoms with Crippen molar-refractivity contribution in [2.75, 3.05) is 13.7 Å². The lowest BCUT2D eigenvalue weighted by Crippen LogP contribution is -2.31. The van der Waals surface area contributed by atoms with E-state index < -0.39 is 0 Å². The Balaban J connectivity index is 1.32. The standard InChI is InChI=1S/C32H40O6/c1-35-29-17-10-9-16-25(29)27-21-30(38-32-19-11-12-20-36-32)26(28(27)22-33)15-7-2-3-8-18-31(34)37-23-24-13-5-4-6-14-24/h2,4-7,9-10,13-14,16-17,22,26-28,30,32H,3,8,11-12,15,18-21,23H2,1H3/b7-2-/t26-,27+,28+,30-,32?/m0/s1. The number of carbonyl (C=O) groups is 2. The molecule has 2 aromatic carbocycles. The van der Waals surface area contributed by atoms with Gasteiger partial charge in [-0.25, -0.2) is 0 Å². The summed E-state index contributed by atoms with van der Waals surface area (Å²) < 4.78 is 23.3. The lowest BCUT2D eigenvalue weighted by Gasteiger charge is -2.29. The van der Waals surface area contributed by atoms with Crippen LogP contribution in [-0.4, -0.2) is 38.4 Å². The Kier molecular flexibility index (Phi) is 11.0. The molecule has 4 rings (SSSR count). The number of rotatable bonds is 13. The van der Waals surface area contributed by atoms with E-state index in [1.807, 2.05) is 48.5 Å². The van der Waals surface area contributed by atoms with Crippen LogP contribution in [-0.2, 0) is 30.4 Å². The van der Waals surface area contributed by atoms with Crippen molar-refractivity contribution in [1.29, 1.82) is 0 Å². The summed E-state index contributed by atoms with van der Waals surface area (Å²) in [4.78, 5) is 24.5. The molecule has 6 nitrogen and oxygen atoms in total. The zero-order valence-corrected chi connectivity index (χ0v) is 22.3. The van der Waals surface area contributed by atoms with Crippen molar-refractivity contribution in [2.24, 2.45) is 11.8 Å². The maximum Gasteiger partial charge on any atom is 0.306 e. The molecule has 0 radical (unpaired) electrons. The Morgan fingerprint density at radius 3 is 2.63 bits per heavy atom. The molecule has 1 heterocycles. The lowest BCUT2D eigenvalue weighted by molar-refractivity contribution is -0.195. The van der Waals surface area contributed by atoms with Gasteiger partial charge in [-0.1, -0.05) is 60.7 Å². The first-order chi connectivity index (χ1) is 18.7. The van der Waals surface area contributed by atoms with Crippen LogP contribution in [0.25, 0.3) is 0 Å². The highest BCUT2D eigenvalue weighted by Gasteiger charge is 2.45. The summed E-state index contributed by atoms with van der Waals surface area (Å²) in [6.07, 6.45) is 11.5. The van der Waals surface area contributed by atoms with Crippen molar-refractivity contribution < 1.29 is 28.5 Å². The normalized spacial score (nSPS) is 25.3.